The van der Waals surface area contributed by atoms with Crippen LogP contribution in [-0.2, 0) is 9.59 Å². The fourth-order valence-corrected chi connectivity index (χ4v) is 7.31. The molecule has 4 rings (SSSR count). The summed E-state index contributed by atoms with van der Waals surface area (Å²) in [5.41, 5.74) is -4.19. The lowest BCUT2D eigenvalue weighted by Crippen LogP contribution is -2.71. The molecule has 28 heavy (non-hydrogen) atoms. The third-order valence-electron chi connectivity index (χ3n) is 8.88. The van der Waals surface area contributed by atoms with Crippen molar-refractivity contribution in [1.82, 2.24) is 0 Å². The van der Waals surface area contributed by atoms with Crippen LogP contribution in [0.3, 0.4) is 0 Å². The molecule has 0 bridgehead atoms. The van der Waals surface area contributed by atoms with Crippen LogP contribution in [0, 0.1) is 28.6 Å². The van der Waals surface area contributed by atoms with Crippen molar-refractivity contribution in [3.8, 4) is 0 Å². The van der Waals surface area contributed by atoms with E-state index in [2.05, 4.69) is 0 Å². The van der Waals surface area contributed by atoms with Crippen LogP contribution < -0.4 is 0 Å². The van der Waals surface area contributed by atoms with Crippen LogP contribution in [-0.4, -0.2) is 55.9 Å². The van der Waals surface area contributed by atoms with Crippen LogP contribution in [0.15, 0.2) is 23.8 Å². The molecule has 154 valence electrons. The van der Waals surface area contributed by atoms with E-state index >= 15 is 0 Å². The van der Waals surface area contributed by atoms with Crippen molar-refractivity contribution in [2.75, 3.05) is 6.61 Å². The molecule has 0 aliphatic heterocycles. The maximum Gasteiger partial charge on any atom is 0.190 e. The zero-order valence-corrected chi connectivity index (χ0v) is 16.7. The summed E-state index contributed by atoms with van der Waals surface area (Å²) in [7, 11) is 0. The second-order valence-corrected chi connectivity index (χ2v) is 9.81. The minimum absolute atomic E-state index is 0.0574. The molecule has 0 aromatic heterocycles. The highest BCUT2D eigenvalue weighted by molar-refractivity contribution is 6.01. The third kappa shape index (κ3) is 2.02. The topological polar surface area (TPSA) is 115 Å². The Balaban J connectivity index is 1.84. The maximum atomic E-state index is 12.6. The van der Waals surface area contributed by atoms with Gasteiger partial charge in [0.2, 0.25) is 0 Å². The SMILES string of the molecule is C[C@H]1C[C@H]2C3CCC4=CC(=O)C=C[C@]4(C)C3(O)C(O)C[C@]2(C)[C@@]1(O)C(=O)CO. The summed E-state index contributed by atoms with van der Waals surface area (Å²) >= 11 is 0. The number of ketones is 2. The summed E-state index contributed by atoms with van der Waals surface area (Å²) in [6.45, 7) is 4.73. The number of hydrogen-bond acceptors (Lipinski definition) is 6. The maximum absolute atomic E-state index is 12.6. The minimum Gasteiger partial charge on any atom is -0.390 e. The molecule has 6 heteroatoms. The Morgan fingerprint density at radius 2 is 1.93 bits per heavy atom. The van der Waals surface area contributed by atoms with E-state index in [-0.39, 0.29) is 30.0 Å². The molecule has 3 unspecified atom stereocenters. The molecule has 4 N–H and O–H groups in total. The lowest BCUT2D eigenvalue weighted by Gasteiger charge is -2.64. The molecule has 4 aliphatic carbocycles. The minimum atomic E-state index is -1.73. The van der Waals surface area contributed by atoms with Gasteiger partial charge in [-0.1, -0.05) is 25.5 Å². The Morgan fingerprint density at radius 3 is 2.57 bits per heavy atom. The summed E-state index contributed by atoms with van der Waals surface area (Å²) in [6, 6.07) is 0. The Labute approximate surface area is 165 Å². The van der Waals surface area contributed by atoms with Gasteiger partial charge in [0.1, 0.15) is 17.8 Å². The first-order valence-corrected chi connectivity index (χ1v) is 10.2. The predicted molar refractivity (Wildman–Crippen MR) is 101 cm³/mol. The monoisotopic (exact) mass is 390 g/mol. The van der Waals surface area contributed by atoms with E-state index in [4.69, 9.17) is 0 Å². The highest BCUT2D eigenvalue weighted by atomic mass is 16.3. The standard InChI is InChI=1S/C22H30O6/c1-12-8-16-15-5-4-13-9-14(24)6-7-19(13,2)22(15,28)17(25)10-20(16,3)21(12,27)18(26)11-23/h6-7,9,12,15-17,23,25,27-28H,4-5,8,10-11H2,1-3H3/t12-,15?,16-,17?,19-,20-,21-,22?/m0/s1. The van der Waals surface area contributed by atoms with Gasteiger partial charge >= 0.3 is 0 Å². The van der Waals surface area contributed by atoms with Crippen LogP contribution in [0.1, 0.15) is 46.5 Å². The van der Waals surface area contributed by atoms with Crippen LogP contribution in [0.4, 0.5) is 0 Å². The smallest absolute Gasteiger partial charge is 0.190 e. The summed E-state index contributed by atoms with van der Waals surface area (Å²) in [5, 5.41) is 44.1. The first kappa shape index (κ1) is 20.0. The van der Waals surface area contributed by atoms with Crippen LogP contribution in [0.25, 0.3) is 0 Å². The number of carbonyl (C=O) groups excluding carboxylic acids is 2. The highest BCUT2D eigenvalue weighted by Crippen LogP contribution is 2.69. The summed E-state index contributed by atoms with van der Waals surface area (Å²) in [4.78, 5) is 24.5. The molecule has 0 radical (unpaired) electrons. The van der Waals surface area contributed by atoms with Gasteiger partial charge in [-0.3, -0.25) is 9.59 Å². The average Bonchev–Trinajstić information content (AvgIpc) is 2.84. The average molecular weight is 390 g/mol. The van der Waals surface area contributed by atoms with Crippen molar-refractivity contribution in [1.29, 1.82) is 0 Å². The number of Topliss-reactive ketones (excluding diaryl/α,β-unsaturated/α-hetero) is 1. The van der Waals surface area contributed by atoms with Gasteiger partial charge in [0.05, 0.1) is 6.10 Å². The first-order chi connectivity index (χ1) is 13.0. The van der Waals surface area contributed by atoms with Crippen molar-refractivity contribution in [3.63, 3.8) is 0 Å². The van der Waals surface area contributed by atoms with Crippen molar-refractivity contribution >= 4 is 11.6 Å². The van der Waals surface area contributed by atoms with E-state index in [1.807, 2.05) is 13.8 Å². The number of aliphatic hydroxyl groups is 4. The summed E-state index contributed by atoms with van der Waals surface area (Å²) in [6.07, 6.45) is 5.36. The van der Waals surface area contributed by atoms with Crippen molar-refractivity contribution in [2.24, 2.45) is 28.6 Å². The lowest BCUT2D eigenvalue weighted by molar-refractivity contribution is -0.249. The molecule has 6 nitrogen and oxygen atoms in total. The van der Waals surface area contributed by atoms with Crippen molar-refractivity contribution < 1.29 is 30.0 Å². The van der Waals surface area contributed by atoms with Crippen molar-refractivity contribution in [3.05, 3.63) is 23.8 Å². The summed E-state index contributed by atoms with van der Waals surface area (Å²) < 4.78 is 0. The number of allylic oxidation sites excluding steroid dienone is 2. The van der Waals surface area contributed by atoms with E-state index in [0.29, 0.717) is 19.3 Å². The van der Waals surface area contributed by atoms with E-state index in [1.165, 1.54) is 6.08 Å². The number of fused-ring (bicyclic) bond motifs is 5. The molecule has 0 heterocycles. The number of rotatable bonds is 2. The number of aliphatic hydroxyl groups excluding tert-OH is 2. The summed E-state index contributed by atoms with van der Waals surface area (Å²) in [5.74, 6) is -1.62. The Morgan fingerprint density at radius 1 is 1.25 bits per heavy atom. The van der Waals surface area contributed by atoms with Gasteiger partial charge in [0.25, 0.3) is 0 Å². The van der Waals surface area contributed by atoms with Gasteiger partial charge in [-0.05, 0) is 62.5 Å². The molecule has 0 aromatic rings. The molecule has 4 aliphatic rings. The van der Waals surface area contributed by atoms with Gasteiger partial charge in [0, 0.05) is 10.8 Å². The fraction of sp³-hybridized carbons (Fsp3) is 0.727. The number of hydrogen-bond donors (Lipinski definition) is 4. The van der Waals surface area contributed by atoms with Crippen molar-refractivity contribution in [2.45, 2.75) is 63.8 Å². The Bertz CT molecular complexity index is 801. The molecule has 3 saturated carbocycles. The first-order valence-electron chi connectivity index (χ1n) is 10.2. The molecule has 0 saturated heterocycles. The van der Waals surface area contributed by atoms with Crippen LogP contribution >= 0.6 is 0 Å². The molecular weight excluding hydrogens is 360 g/mol. The zero-order chi connectivity index (χ0) is 20.7. The Hall–Kier alpha value is -1.34. The van der Waals surface area contributed by atoms with Gasteiger partial charge < -0.3 is 20.4 Å². The van der Waals surface area contributed by atoms with E-state index in [1.54, 1.807) is 19.1 Å². The molecule has 0 aromatic carbocycles. The second-order valence-electron chi connectivity index (χ2n) is 9.81. The quantitative estimate of drug-likeness (QED) is 0.557. The third-order valence-corrected chi connectivity index (χ3v) is 8.88. The zero-order valence-electron chi connectivity index (χ0n) is 16.7. The van der Waals surface area contributed by atoms with Gasteiger partial charge in [0.15, 0.2) is 11.6 Å². The highest BCUT2D eigenvalue weighted by Gasteiger charge is 2.74. The van der Waals surface area contributed by atoms with Crippen LogP contribution in [0.5, 0.6) is 0 Å². The molecule has 3 fully saturated rings. The van der Waals surface area contributed by atoms with Gasteiger partial charge in [-0.2, -0.15) is 0 Å². The normalized spacial score (nSPS) is 52.5. The Kier molecular flexibility index (Phi) is 4.17. The van der Waals surface area contributed by atoms with Crippen LogP contribution in [0.2, 0.25) is 0 Å². The predicted octanol–water partition coefficient (Wildman–Crippen LogP) is 0.918. The lowest BCUT2D eigenvalue weighted by atomic mass is 9.44. The fourth-order valence-electron chi connectivity index (χ4n) is 7.31. The largest absolute Gasteiger partial charge is 0.390 e. The second kappa shape index (κ2) is 5.85. The van der Waals surface area contributed by atoms with E-state index < -0.39 is 40.5 Å². The molecule has 0 amide bonds. The number of carbonyl (C=O) groups is 2. The van der Waals surface area contributed by atoms with Gasteiger partial charge in [-0.25, -0.2) is 0 Å². The van der Waals surface area contributed by atoms with E-state index in [9.17, 15) is 30.0 Å². The van der Waals surface area contributed by atoms with E-state index in [0.717, 1.165) is 5.57 Å². The molecule has 0 spiro atoms. The van der Waals surface area contributed by atoms with Gasteiger partial charge in [-0.15, -0.1) is 0 Å². The molecular formula is C22H30O6. The molecule has 8 atom stereocenters.